The number of benzene rings is 2. The highest BCUT2D eigenvalue weighted by Gasteiger charge is 2.21. The minimum Gasteiger partial charge on any atom is -0.455 e. The highest BCUT2D eigenvalue weighted by molar-refractivity contribution is 9.10. The summed E-state index contributed by atoms with van der Waals surface area (Å²) in [5.74, 6) is 0.975. The molecular formula is C13H9BrFNO. The Morgan fingerprint density at radius 2 is 2.00 bits per heavy atom. The molecule has 1 aliphatic rings. The lowest BCUT2D eigenvalue weighted by atomic mass is 10.00. The van der Waals surface area contributed by atoms with E-state index in [-0.39, 0.29) is 5.82 Å². The highest BCUT2D eigenvalue weighted by Crippen LogP contribution is 2.42. The van der Waals surface area contributed by atoms with Gasteiger partial charge in [0.25, 0.3) is 0 Å². The van der Waals surface area contributed by atoms with Crippen molar-refractivity contribution in [2.75, 3.05) is 5.73 Å². The van der Waals surface area contributed by atoms with Crippen molar-refractivity contribution in [3.05, 3.63) is 51.7 Å². The molecule has 2 aromatic carbocycles. The van der Waals surface area contributed by atoms with Crippen LogP contribution in [0.4, 0.5) is 10.1 Å². The van der Waals surface area contributed by atoms with Crippen molar-refractivity contribution in [2.45, 2.75) is 6.42 Å². The Bertz CT molecular complexity index is 613. The molecule has 2 aromatic rings. The number of ether oxygens (including phenoxy) is 1. The molecule has 0 saturated carbocycles. The third-order valence-corrected chi connectivity index (χ3v) is 3.55. The number of nitrogen functional groups attached to an aromatic ring is 1. The molecule has 0 atom stereocenters. The standard InChI is InChI=1S/C13H9BrFNO/c14-12-10(15)3-1-7-5-8-6-9(16)2-4-11(8)17-13(7)12/h1-4,6H,5,16H2. The zero-order valence-electron chi connectivity index (χ0n) is 8.84. The number of nitrogens with two attached hydrogens (primary N) is 1. The first-order valence-electron chi connectivity index (χ1n) is 5.18. The lowest BCUT2D eigenvalue weighted by molar-refractivity contribution is 0.450. The molecule has 0 saturated heterocycles. The van der Waals surface area contributed by atoms with Crippen molar-refractivity contribution < 1.29 is 9.13 Å². The van der Waals surface area contributed by atoms with E-state index in [2.05, 4.69) is 15.9 Å². The molecule has 2 nitrogen and oxygen atoms in total. The van der Waals surface area contributed by atoms with Gasteiger partial charge in [0.15, 0.2) is 0 Å². The van der Waals surface area contributed by atoms with E-state index in [4.69, 9.17) is 10.5 Å². The van der Waals surface area contributed by atoms with E-state index in [1.807, 2.05) is 12.1 Å². The van der Waals surface area contributed by atoms with Crippen LogP contribution < -0.4 is 10.5 Å². The molecule has 1 aliphatic heterocycles. The molecule has 17 heavy (non-hydrogen) atoms. The van der Waals surface area contributed by atoms with E-state index in [0.717, 1.165) is 16.9 Å². The Labute approximate surface area is 106 Å². The normalized spacial score (nSPS) is 12.6. The monoisotopic (exact) mass is 293 g/mol. The van der Waals surface area contributed by atoms with Crippen LogP contribution in [0.25, 0.3) is 0 Å². The minimum atomic E-state index is -0.317. The van der Waals surface area contributed by atoms with Crippen molar-refractivity contribution >= 4 is 21.6 Å². The van der Waals surface area contributed by atoms with E-state index in [9.17, 15) is 4.39 Å². The number of hydrogen-bond acceptors (Lipinski definition) is 2. The number of fused-ring (bicyclic) bond motifs is 2. The van der Waals surface area contributed by atoms with Gasteiger partial charge in [-0.2, -0.15) is 0 Å². The second kappa shape index (κ2) is 3.74. The molecule has 4 heteroatoms. The second-order valence-corrected chi connectivity index (χ2v) is 4.79. The number of halogens is 2. The quantitative estimate of drug-likeness (QED) is 0.639. The summed E-state index contributed by atoms with van der Waals surface area (Å²) in [5, 5.41) is 0. The Kier molecular flexibility index (Phi) is 2.33. The van der Waals surface area contributed by atoms with Gasteiger partial charge in [0.2, 0.25) is 0 Å². The SMILES string of the molecule is Nc1ccc2c(c1)Cc1ccc(F)c(Br)c1O2. The van der Waals surface area contributed by atoms with Crippen molar-refractivity contribution in [1.82, 2.24) is 0 Å². The minimum absolute atomic E-state index is 0.317. The fraction of sp³-hybridized carbons (Fsp3) is 0.0769. The molecule has 0 aromatic heterocycles. The maximum absolute atomic E-state index is 13.4. The van der Waals surface area contributed by atoms with Gasteiger partial charge in [-0.25, -0.2) is 4.39 Å². The predicted octanol–water partition coefficient (Wildman–Crippen LogP) is 3.87. The molecule has 0 spiro atoms. The summed E-state index contributed by atoms with van der Waals surface area (Å²) in [6.07, 6.45) is 0.703. The first-order chi connectivity index (χ1) is 8.15. The predicted molar refractivity (Wildman–Crippen MR) is 67.8 cm³/mol. The largest absolute Gasteiger partial charge is 0.455 e. The van der Waals surface area contributed by atoms with Crippen LogP contribution in [0, 0.1) is 5.82 Å². The van der Waals surface area contributed by atoms with E-state index in [1.165, 1.54) is 6.07 Å². The van der Waals surface area contributed by atoms with Gasteiger partial charge in [-0.1, -0.05) is 6.07 Å². The average Bonchev–Trinajstić information content (AvgIpc) is 2.32. The van der Waals surface area contributed by atoms with Crippen LogP contribution in [0.3, 0.4) is 0 Å². The first kappa shape index (κ1) is 10.6. The molecule has 0 radical (unpaired) electrons. The third kappa shape index (κ3) is 1.69. The van der Waals surface area contributed by atoms with Gasteiger partial charge < -0.3 is 10.5 Å². The van der Waals surface area contributed by atoms with Crippen LogP contribution >= 0.6 is 15.9 Å². The summed E-state index contributed by atoms with van der Waals surface area (Å²) in [5.41, 5.74) is 8.42. The molecular weight excluding hydrogens is 285 g/mol. The molecule has 86 valence electrons. The summed E-state index contributed by atoms with van der Waals surface area (Å²) < 4.78 is 19.5. The molecule has 0 unspecified atom stereocenters. The Morgan fingerprint density at radius 1 is 1.18 bits per heavy atom. The van der Waals surface area contributed by atoms with Crippen molar-refractivity contribution in [1.29, 1.82) is 0 Å². The first-order valence-corrected chi connectivity index (χ1v) is 5.97. The van der Waals surface area contributed by atoms with Crippen molar-refractivity contribution in [3.63, 3.8) is 0 Å². The van der Waals surface area contributed by atoms with Crippen LogP contribution in [0.2, 0.25) is 0 Å². The third-order valence-electron chi connectivity index (χ3n) is 2.81. The summed E-state index contributed by atoms with van der Waals surface area (Å²) >= 11 is 3.21. The molecule has 0 amide bonds. The Balaban J connectivity index is 2.14. The molecule has 0 fully saturated rings. The average molecular weight is 294 g/mol. The van der Waals surface area contributed by atoms with E-state index in [0.29, 0.717) is 22.3 Å². The molecule has 0 bridgehead atoms. The van der Waals surface area contributed by atoms with Gasteiger partial charge >= 0.3 is 0 Å². The van der Waals surface area contributed by atoms with Crippen molar-refractivity contribution in [2.24, 2.45) is 0 Å². The van der Waals surface area contributed by atoms with Gasteiger partial charge in [0, 0.05) is 23.2 Å². The van der Waals surface area contributed by atoms with E-state index < -0.39 is 0 Å². The number of rotatable bonds is 0. The molecule has 0 aliphatic carbocycles. The maximum Gasteiger partial charge on any atom is 0.148 e. The van der Waals surface area contributed by atoms with Gasteiger partial charge in [0.05, 0.1) is 4.47 Å². The molecule has 3 rings (SSSR count). The number of anilines is 1. The Hall–Kier alpha value is -1.55. The van der Waals surface area contributed by atoms with E-state index in [1.54, 1.807) is 12.1 Å². The fourth-order valence-electron chi connectivity index (χ4n) is 1.97. The number of hydrogen-bond donors (Lipinski definition) is 1. The summed E-state index contributed by atoms with van der Waals surface area (Å²) in [4.78, 5) is 0. The van der Waals surface area contributed by atoms with Gasteiger partial charge in [-0.15, -0.1) is 0 Å². The topological polar surface area (TPSA) is 35.2 Å². The summed E-state index contributed by atoms with van der Waals surface area (Å²) in [6.45, 7) is 0. The lowest BCUT2D eigenvalue weighted by Crippen LogP contribution is -2.05. The van der Waals surface area contributed by atoms with Crippen LogP contribution in [0.5, 0.6) is 11.5 Å². The van der Waals surface area contributed by atoms with Crippen LogP contribution in [0.1, 0.15) is 11.1 Å². The van der Waals surface area contributed by atoms with Gasteiger partial charge in [0.1, 0.15) is 17.3 Å². The summed E-state index contributed by atoms with van der Waals surface area (Å²) in [6, 6.07) is 8.64. The van der Waals surface area contributed by atoms with Crippen LogP contribution in [-0.2, 0) is 6.42 Å². The zero-order valence-corrected chi connectivity index (χ0v) is 10.4. The van der Waals surface area contributed by atoms with Crippen LogP contribution in [-0.4, -0.2) is 0 Å². The van der Waals surface area contributed by atoms with Crippen molar-refractivity contribution in [3.8, 4) is 11.5 Å². The fourth-order valence-corrected chi connectivity index (χ4v) is 2.44. The van der Waals surface area contributed by atoms with Gasteiger partial charge in [-0.3, -0.25) is 0 Å². The van der Waals surface area contributed by atoms with Gasteiger partial charge in [-0.05, 0) is 40.2 Å². The highest BCUT2D eigenvalue weighted by atomic mass is 79.9. The van der Waals surface area contributed by atoms with E-state index >= 15 is 0 Å². The molecule has 1 heterocycles. The van der Waals surface area contributed by atoms with Crippen LogP contribution in [0.15, 0.2) is 34.8 Å². The molecule has 2 N–H and O–H groups in total. The summed E-state index contributed by atoms with van der Waals surface area (Å²) in [7, 11) is 0. The zero-order chi connectivity index (χ0) is 12.0. The maximum atomic E-state index is 13.4. The smallest absolute Gasteiger partial charge is 0.148 e. The Morgan fingerprint density at radius 3 is 2.82 bits per heavy atom. The second-order valence-electron chi connectivity index (χ2n) is 4.00. The lowest BCUT2D eigenvalue weighted by Gasteiger charge is -2.21.